The summed E-state index contributed by atoms with van der Waals surface area (Å²) in [6, 6.07) is 4.37. The minimum Gasteiger partial charge on any atom is -0.478 e. The summed E-state index contributed by atoms with van der Waals surface area (Å²) in [7, 11) is 1.64. The Kier molecular flexibility index (Phi) is 2.22. The second-order valence-corrected chi connectivity index (χ2v) is 3.41. The van der Waals surface area contributed by atoms with Gasteiger partial charge in [0, 0.05) is 7.05 Å². The van der Waals surface area contributed by atoms with E-state index in [4.69, 9.17) is 9.84 Å². The van der Waals surface area contributed by atoms with Gasteiger partial charge in [0.2, 0.25) is 6.10 Å². The van der Waals surface area contributed by atoms with Crippen molar-refractivity contribution in [2.24, 2.45) is 0 Å². The summed E-state index contributed by atoms with van der Waals surface area (Å²) in [5.41, 5.74) is 0.315. The monoisotopic (exact) mass is 211 g/mol. The molecule has 1 aromatic carbocycles. The third kappa shape index (κ3) is 1.60. The van der Waals surface area contributed by atoms with Gasteiger partial charge in [-0.3, -0.25) is 0 Å². The number of hydrogen-bond donors (Lipinski definition) is 1. The average Bonchev–Trinajstić information content (AvgIpc) is 2.17. The van der Waals surface area contributed by atoms with Crippen LogP contribution in [0, 0.1) is 5.82 Å². The number of anilines is 1. The van der Waals surface area contributed by atoms with Crippen LogP contribution in [0.15, 0.2) is 18.2 Å². The molecule has 1 aliphatic rings. The second-order valence-electron chi connectivity index (χ2n) is 3.41. The number of ether oxygens (including phenoxy) is 1. The molecule has 80 valence electrons. The van der Waals surface area contributed by atoms with Crippen molar-refractivity contribution in [3.05, 3.63) is 24.0 Å². The lowest BCUT2D eigenvalue weighted by molar-refractivity contribution is -0.144. The van der Waals surface area contributed by atoms with E-state index in [1.165, 1.54) is 12.1 Å². The van der Waals surface area contributed by atoms with Crippen molar-refractivity contribution in [3.8, 4) is 5.75 Å². The van der Waals surface area contributed by atoms with Gasteiger partial charge in [0.25, 0.3) is 0 Å². The van der Waals surface area contributed by atoms with Gasteiger partial charge in [0.05, 0.1) is 6.54 Å². The summed E-state index contributed by atoms with van der Waals surface area (Å²) in [6.07, 6.45) is -0.940. The molecule has 0 aromatic heterocycles. The largest absolute Gasteiger partial charge is 0.478 e. The molecule has 0 bridgehead atoms. The van der Waals surface area contributed by atoms with Crippen molar-refractivity contribution < 1.29 is 19.0 Å². The van der Waals surface area contributed by atoms with E-state index in [-0.39, 0.29) is 12.3 Å². The van der Waals surface area contributed by atoms with E-state index in [0.717, 1.165) is 0 Å². The first-order chi connectivity index (χ1) is 7.09. The van der Waals surface area contributed by atoms with Gasteiger partial charge >= 0.3 is 5.97 Å². The van der Waals surface area contributed by atoms with Crippen LogP contribution in [0.2, 0.25) is 0 Å². The van der Waals surface area contributed by atoms with Crippen LogP contribution in [0.3, 0.4) is 0 Å². The molecular weight excluding hydrogens is 201 g/mol. The van der Waals surface area contributed by atoms with Crippen LogP contribution in [-0.4, -0.2) is 30.8 Å². The molecular formula is C10H10FNO3. The van der Waals surface area contributed by atoms with E-state index >= 15 is 0 Å². The van der Waals surface area contributed by atoms with E-state index in [2.05, 4.69) is 0 Å². The Morgan fingerprint density at radius 1 is 1.67 bits per heavy atom. The maximum absolute atomic E-state index is 13.4. The minimum atomic E-state index is -1.04. The number of benzene rings is 1. The topological polar surface area (TPSA) is 49.8 Å². The van der Waals surface area contributed by atoms with Gasteiger partial charge < -0.3 is 14.7 Å². The normalized spacial score (nSPS) is 19.3. The van der Waals surface area contributed by atoms with Crippen molar-refractivity contribution in [2.75, 3.05) is 18.5 Å². The van der Waals surface area contributed by atoms with Crippen LogP contribution in [0.5, 0.6) is 5.75 Å². The van der Waals surface area contributed by atoms with Crippen molar-refractivity contribution in [1.29, 1.82) is 0 Å². The molecule has 0 saturated heterocycles. The van der Waals surface area contributed by atoms with Crippen LogP contribution in [-0.2, 0) is 4.79 Å². The summed E-state index contributed by atoms with van der Waals surface area (Å²) >= 11 is 0. The number of likely N-dealkylation sites (N-methyl/N-ethyl adjacent to an activating group) is 1. The number of fused-ring (bicyclic) bond motifs is 1. The zero-order chi connectivity index (χ0) is 11.0. The molecule has 0 spiro atoms. The van der Waals surface area contributed by atoms with Crippen molar-refractivity contribution in [1.82, 2.24) is 0 Å². The van der Waals surface area contributed by atoms with Crippen LogP contribution >= 0.6 is 0 Å². The van der Waals surface area contributed by atoms with E-state index < -0.39 is 17.9 Å². The number of aliphatic carboxylic acids is 1. The molecule has 4 nitrogen and oxygen atoms in total. The SMILES string of the molecule is CN1CC(C(=O)O)Oc2cccc(F)c21. The Bertz CT molecular complexity index is 408. The Morgan fingerprint density at radius 3 is 3.07 bits per heavy atom. The number of carbonyl (C=O) groups is 1. The first-order valence-electron chi connectivity index (χ1n) is 4.48. The molecule has 5 heteroatoms. The van der Waals surface area contributed by atoms with Crippen LogP contribution in [0.25, 0.3) is 0 Å². The zero-order valence-corrected chi connectivity index (χ0v) is 8.11. The predicted octanol–water partition coefficient (Wildman–Crippen LogP) is 1.11. The smallest absolute Gasteiger partial charge is 0.346 e. The van der Waals surface area contributed by atoms with Crippen LogP contribution in [0.4, 0.5) is 10.1 Å². The number of halogens is 1. The maximum Gasteiger partial charge on any atom is 0.346 e. The summed E-state index contributed by atoms with van der Waals surface area (Å²) in [6.45, 7) is 0.142. The van der Waals surface area contributed by atoms with E-state index in [9.17, 15) is 9.18 Å². The maximum atomic E-state index is 13.4. The molecule has 1 N–H and O–H groups in total. The van der Waals surface area contributed by atoms with Crippen LogP contribution < -0.4 is 9.64 Å². The van der Waals surface area contributed by atoms with Crippen molar-refractivity contribution in [3.63, 3.8) is 0 Å². The number of para-hydroxylation sites is 1. The van der Waals surface area contributed by atoms with Gasteiger partial charge in [-0.2, -0.15) is 0 Å². The van der Waals surface area contributed by atoms with Gasteiger partial charge in [-0.25, -0.2) is 9.18 Å². The Labute approximate surface area is 85.9 Å². The zero-order valence-electron chi connectivity index (χ0n) is 8.11. The lowest BCUT2D eigenvalue weighted by Crippen LogP contribution is -2.43. The van der Waals surface area contributed by atoms with Gasteiger partial charge in [0.15, 0.2) is 0 Å². The molecule has 15 heavy (non-hydrogen) atoms. The molecule has 0 amide bonds. The highest BCUT2D eigenvalue weighted by Crippen LogP contribution is 2.34. The molecule has 1 unspecified atom stereocenters. The number of carboxylic acids is 1. The van der Waals surface area contributed by atoms with Crippen molar-refractivity contribution >= 4 is 11.7 Å². The fourth-order valence-corrected chi connectivity index (χ4v) is 1.62. The standard InChI is InChI=1S/C10H10FNO3/c1-12-5-8(10(13)14)15-7-4-2-3-6(11)9(7)12/h2-4,8H,5H2,1H3,(H,13,14). The quantitative estimate of drug-likeness (QED) is 0.755. The molecule has 0 radical (unpaired) electrons. The number of nitrogens with zero attached hydrogens (tertiary/aromatic N) is 1. The fourth-order valence-electron chi connectivity index (χ4n) is 1.62. The third-order valence-electron chi connectivity index (χ3n) is 2.32. The summed E-state index contributed by atoms with van der Waals surface area (Å²) < 4.78 is 18.5. The average molecular weight is 211 g/mol. The van der Waals surface area contributed by atoms with Gasteiger partial charge in [0.1, 0.15) is 17.3 Å². The molecule has 0 saturated carbocycles. The van der Waals surface area contributed by atoms with Gasteiger partial charge in [-0.05, 0) is 12.1 Å². The Hall–Kier alpha value is -1.78. The summed E-state index contributed by atoms with van der Waals surface area (Å²) in [5, 5.41) is 8.81. The number of hydrogen-bond acceptors (Lipinski definition) is 3. The first kappa shape index (κ1) is 9.76. The Morgan fingerprint density at radius 2 is 2.40 bits per heavy atom. The summed E-state index contributed by atoms with van der Waals surface area (Å²) in [5.74, 6) is -1.17. The van der Waals surface area contributed by atoms with Crippen molar-refractivity contribution in [2.45, 2.75) is 6.10 Å². The second kappa shape index (κ2) is 3.42. The first-order valence-corrected chi connectivity index (χ1v) is 4.48. The molecule has 1 heterocycles. The molecule has 0 fully saturated rings. The van der Waals surface area contributed by atoms with Gasteiger partial charge in [-0.1, -0.05) is 6.07 Å². The molecule has 1 aromatic rings. The molecule has 1 atom stereocenters. The van der Waals surface area contributed by atoms with Gasteiger partial charge in [-0.15, -0.1) is 0 Å². The minimum absolute atomic E-state index is 0.142. The highest BCUT2D eigenvalue weighted by Gasteiger charge is 2.30. The predicted molar refractivity (Wildman–Crippen MR) is 51.7 cm³/mol. The third-order valence-corrected chi connectivity index (χ3v) is 2.32. The lowest BCUT2D eigenvalue weighted by Gasteiger charge is -2.31. The lowest BCUT2D eigenvalue weighted by atomic mass is 10.2. The van der Waals surface area contributed by atoms with E-state index in [0.29, 0.717) is 5.69 Å². The molecule has 1 aliphatic heterocycles. The van der Waals surface area contributed by atoms with E-state index in [1.54, 1.807) is 18.0 Å². The molecule has 2 rings (SSSR count). The van der Waals surface area contributed by atoms with E-state index in [1.807, 2.05) is 0 Å². The summed E-state index contributed by atoms with van der Waals surface area (Å²) in [4.78, 5) is 12.3. The highest BCUT2D eigenvalue weighted by atomic mass is 19.1. The number of rotatable bonds is 1. The van der Waals surface area contributed by atoms with Crippen LogP contribution in [0.1, 0.15) is 0 Å². The molecule has 0 aliphatic carbocycles. The number of carboxylic acid groups (broad SMARTS) is 1. The Balaban J connectivity index is 2.40. The fraction of sp³-hybridized carbons (Fsp3) is 0.300. The highest BCUT2D eigenvalue weighted by molar-refractivity contribution is 5.76.